The minimum atomic E-state index is -0.957. The number of morpholine rings is 1. The van der Waals surface area contributed by atoms with E-state index in [0.717, 1.165) is 25.9 Å². The molecule has 2 aliphatic rings. The molecule has 3 heteroatoms. The van der Waals surface area contributed by atoms with Crippen LogP contribution in [0.5, 0.6) is 0 Å². The Labute approximate surface area is 92.4 Å². The van der Waals surface area contributed by atoms with Crippen LogP contribution in [0.2, 0.25) is 0 Å². The standard InChI is InChI=1S/C12H23NO2/c1-3-13-9-10-15-11(2,14)12(13)7-5-4-6-8-12/h14H,3-10H2,1-2H3. The van der Waals surface area contributed by atoms with Crippen LogP contribution in [0.25, 0.3) is 0 Å². The number of rotatable bonds is 1. The van der Waals surface area contributed by atoms with Gasteiger partial charge in [0, 0.05) is 6.54 Å². The Kier molecular flexibility index (Phi) is 3.06. The van der Waals surface area contributed by atoms with Crippen LogP contribution in [0.4, 0.5) is 0 Å². The van der Waals surface area contributed by atoms with Gasteiger partial charge in [0.25, 0.3) is 0 Å². The molecule has 1 spiro atoms. The lowest BCUT2D eigenvalue weighted by molar-refractivity contribution is -0.303. The summed E-state index contributed by atoms with van der Waals surface area (Å²) in [5.74, 6) is -0.957. The maximum Gasteiger partial charge on any atom is 0.181 e. The Hall–Kier alpha value is -0.120. The monoisotopic (exact) mass is 213 g/mol. The van der Waals surface area contributed by atoms with Crippen molar-refractivity contribution in [3.63, 3.8) is 0 Å². The van der Waals surface area contributed by atoms with Crippen LogP contribution < -0.4 is 0 Å². The molecule has 15 heavy (non-hydrogen) atoms. The summed E-state index contributed by atoms with van der Waals surface area (Å²) in [7, 11) is 0. The van der Waals surface area contributed by atoms with Gasteiger partial charge in [0.15, 0.2) is 5.79 Å². The second kappa shape index (κ2) is 4.04. The molecule has 0 amide bonds. The first-order valence-corrected chi connectivity index (χ1v) is 6.24. The van der Waals surface area contributed by atoms with E-state index in [4.69, 9.17) is 4.74 Å². The van der Waals surface area contributed by atoms with Gasteiger partial charge in [-0.3, -0.25) is 4.90 Å². The molecule has 1 saturated carbocycles. The van der Waals surface area contributed by atoms with Gasteiger partial charge in [-0.1, -0.05) is 26.2 Å². The van der Waals surface area contributed by atoms with Crippen LogP contribution in [0.15, 0.2) is 0 Å². The zero-order valence-corrected chi connectivity index (χ0v) is 9.96. The van der Waals surface area contributed by atoms with Crippen LogP contribution in [0.1, 0.15) is 46.0 Å². The van der Waals surface area contributed by atoms with Gasteiger partial charge in [-0.05, 0) is 26.3 Å². The molecule has 0 bridgehead atoms. The highest BCUT2D eigenvalue weighted by molar-refractivity contribution is 5.03. The first-order chi connectivity index (χ1) is 7.12. The van der Waals surface area contributed by atoms with Crippen molar-refractivity contribution in [2.24, 2.45) is 0 Å². The lowest BCUT2D eigenvalue weighted by Crippen LogP contribution is -2.68. The van der Waals surface area contributed by atoms with E-state index in [1.165, 1.54) is 19.3 Å². The second-order valence-electron chi connectivity index (χ2n) is 5.00. The molecule has 0 aromatic rings. The number of aliphatic hydroxyl groups is 1. The van der Waals surface area contributed by atoms with Crippen LogP contribution in [0.3, 0.4) is 0 Å². The Morgan fingerprint density at radius 3 is 2.53 bits per heavy atom. The van der Waals surface area contributed by atoms with E-state index in [9.17, 15) is 5.11 Å². The maximum atomic E-state index is 10.5. The molecule has 1 N–H and O–H groups in total. The molecule has 0 radical (unpaired) electrons. The number of hydrogen-bond donors (Lipinski definition) is 1. The quantitative estimate of drug-likeness (QED) is 0.720. The van der Waals surface area contributed by atoms with E-state index < -0.39 is 5.79 Å². The molecule has 1 saturated heterocycles. The summed E-state index contributed by atoms with van der Waals surface area (Å²) in [6, 6.07) is 0. The highest BCUT2D eigenvalue weighted by atomic mass is 16.6. The summed E-state index contributed by atoms with van der Waals surface area (Å²) in [4.78, 5) is 2.43. The highest BCUT2D eigenvalue weighted by Gasteiger charge is 2.54. The Morgan fingerprint density at radius 2 is 1.93 bits per heavy atom. The lowest BCUT2D eigenvalue weighted by atomic mass is 9.73. The highest BCUT2D eigenvalue weighted by Crippen LogP contribution is 2.44. The molecule has 1 atom stereocenters. The zero-order chi connectivity index (χ0) is 10.9. The van der Waals surface area contributed by atoms with Crippen molar-refractivity contribution in [3.05, 3.63) is 0 Å². The molecular weight excluding hydrogens is 190 g/mol. The Bertz CT molecular complexity index is 222. The fourth-order valence-electron chi connectivity index (χ4n) is 3.37. The molecule has 1 unspecified atom stereocenters. The van der Waals surface area contributed by atoms with Crippen molar-refractivity contribution in [2.45, 2.75) is 57.3 Å². The van der Waals surface area contributed by atoms with Crippen molar-refractivity contribution in [3.8, 4) is 0 Å². The fourth-order valence-corrected chi connectivity index (χ4v) is 3.37. The SMILES string of the molecule is CCN1CCOC(C)(O)C12CCCCC2. The van der Waals surface area contributed by atoms with Gasteiger partial charge >= 0.3 is 0 Å². The van der Waals surface area contributed by atoms with Crippen molar-refractivity contribution in [1.29, 1.82) is 0 Å². The van der Waals surface area contributed by atoms with Gasteiger partial charge < -0.3 is 9.84 Å². The van der Waals surface area contributed by atoms with Gasteiger partial charge in [0.05, 0.1) is 12.1 Å². The smallest absolute Gasteiger partial charge is 0.181 e. The first kappa shape index (κ1) is 11.4. The topological polar surface area (TPSA) is 32.7 Å². The number of nitrogens with zero attached hydrogens (tertiary/aromatic N) is 1. The molecule has 2 fully saturated rings. The van der Waals surface area contributed by atoms with Crippen molar-refractivity contribution < 1.29 is 9.84 Å². The average Bonchev–Trinajstić information content (AvgIpc) is 2.24. The fraction of sp³-hybridized carbons (Fsp3) is 1.00. The van der Waals surface area contributed by atoms with Crippen LogP contribution in [-0.2, 0) is 4.74 Å². The van der Waals surface area contributed by atoms with Crippen molar-refractivity contribution in [1.82, 2.24) is 4.90 Å². The zero-order valence-electron chi connectivity index (χ0n) is 9.96. The van der Waals surface area contributed by atoms with Gasteiger partial charge in [0.1, 0.15) is 0 Å². The van der Waals surface area contributed by atoms with Gasteiger partial charge in [-0.2, -0.15) is 0 Å². The minimum absolute atomic E-state index is 0.113. The third kappa shape index (κ3) is 1.71. The summed E-state index contributed by atoms with van der Waals surface area (Å²) in [5.41, 5.74) is -0.113. The lowest BCUT2D eigenvalue weighted by Gasteiger charge is -2.56. The largest absolute Gasteiger partial charge is 0.364 e. The van der Waals surface area contributed by atoms with E-state index in [1.54, 1.807) is 0 Å². The molecule has 1 heterocycles. The van der Waals surface area contributed by atoms with Crippen LogP contribution in [0, 0.1) is 0 Å². The second-order valence-corrected chi connectivity index (χ2v) is 5.00. The van der Waals surface area contributed by atoms with E-state index in [1.807, 2.05) is 6.92 Å². The van der Waals surface area contributed by atoms with E-state index in [2.05, 4.69) is 11.8 Å². The summed E-state index contributed by atoms with van der Waals surface area (Å²) < 4.78 is 5.60. The average molecular weight is 213 g/mol. The number of ether oxygens (including phenoxy) is 1. The molecule has 1 aliphatic heterocycles. The molecule has 0 aromatic heterocycles. The summed E-state index contributed by atoms with van der Waals surface area (Å²) in [6.45, 7) is 6.66. The third-order valence-electron chi connectivity index (χ3n) is 4.28. The maximum absolute atomic E-state index is 10.5. The van der Waals surface area contributed by atoms with E-state index in [0.29, 0.717) is 6.61 Å². The minimum Gasteiger partial charge on any atom is -0.364 e. The van der Waals surface area contributed by atoms with Gasteiger partial charge in [-0.15, -0.1) is 0 Å². The normalized spacial score (nSPS) is 37.0. The molecule has 88 valence electrons. The number of likely N-dealkylation sites (N-methyl/N-ethyl adjacent to an activating group) is 1. The molecule has 1 aliphatic carbocycles. The molecular formula is C12H23NO2. The molecule has 2 rings (SSSR count). The Balaban J connectivity index is 2.26. The predicted molar refractivity (Wildman–Crippen MR) is 59.6 cm³/mol. The Morgan fingerprint density at radius 1 is 1.27 bits per heavy atom. The first-order valence-electron chi connectivity index (χ1n) is 6.24. The van der Waals surface area contributed by atoms with E-state index >= 15 is 0 Å². The van der Waals surface area contributed by atoms with Crippen molar-refractivity contribution >= 4 is 0 Å². The van der Waals surface area contributed by atoms with Gasteiger partial charge in [-0.25, -0.2) is 0 Å². The summed E-state index contributed by atoms with van der Waals surface area (Å²) in [5, 5.41) is 10.5. The van der Waals surface area contributed by atoms with E-state index in [-0.39, 0.29) is 5.54 Å². The molecule has 0 aromatic carbocycles. The summed E-state index contributed by atoms with van der Waals surface area (Å²) >= 11 is 0. The third-order valence-corrected chi connectivity index (χ3v) is 4.28. The molecule has 3 nitrogen and oxygen atoms in total. The predicted octanol–water partition coefficient (Wildman–Crippen LogP) is 1.75. The van der Waals surface area contributed by atoms with Crippen molar-refractivity contribution in [2.75, 3.05) is 19.7 Å². The van der Waals surface area contributed by atoms with Crippen LogP contribution >= 0.6 is 0 Å². The van der Waals surface area contributed by atoms with Crippen LogP contribution in [-0.4, -0.2) is 41.0 Å². The van der Waals surface area contributed by atoms with Gasteiger partial charge in [0.2, 0.25) is 0 Å². The summed E-state index contributed by atoms with van der Waals surface area (Å²) in [6.07, 6.45) is 5.89. The number of hydrogen-bond acceptors (Lipinski definition) is 3.